The van der Waals surface area contributed by atoms with Crippen molar-refractivity contribution >= 4 is 34.6 Å². The normalized spacial score (nSPS) is 12.2. The average Bonchev–Trinajstić information content (AvgIpc) is 2.30. The van der Waals surface area contributed by atoms with Crippen LogP contribution in [0.3, 0.4) is 0 Å². The fourth-order valence-electron chi connectivity index (χ4n) is 1.14. The summed E-state index contributed by atoms with van der Waals surface area (Å²) in [5.41, 5.74) is -0.529. The van der Waals surface area contributed by atoms with E-state index in [1.807, 2.05) is 0 Å². The molecule has 1 aromatic rings. The molecular formula is C9H9Cl2FN2O3. The van der Waals surface area contributed by atoms with Crippen LogP contribution in [0.4, 0.5) is 15.8 Å². The number of nitro benzene ring substituents is 1. The van der Waals surface area contributed by atoms with Gasteiger partial charge in [-0.25, -0.2) is 4.39 Å². The SMILES string of the molecule is O=[N+]([O-])c1ccc(F)c(Cl)c1NCC(O)CCl. The van der Waals surface area contributed by atoms with Crippen LogP contribution in [0.1, 0.15) is 0 Å². The van der Waals surface area contributed by atoms with Crippen LogP contribution in [-0.2, 0) is 0 Å². The summed E-state index contributed by atoms with van der Waals surface area (Å²) < 4.78 is 13.1. The Labute approximate surface area is 106 Å². The van der Waals surface area contributed by atoms with Crippen LogP contribution in [-0.4, -0.2) is 28.6 Å². The summed E-state index contributed by atoms with van der Waals surface area (Å²) in [5, 5.41) is 22.0. The average molecular weight is 283 g/mol. The number of hydrogen-bond donors (Lipinski definition) is 2. The topological polar surface area (TPSA) is 75.4 Å². The van der Waals surface area contributed by atoms with Gasteiger partial charge in [0, 0.05) is 12.6 Å². The van der Waals surface area contributed by atoms with Gasteiger partial charge in [0.05, 0.1) is 16.9 Å². The maximum atomic E-state index is 13.1. The van der Waals surface area contributed by atoms with Gasteiger partial charge in [-0.05, 0) is 6.07 Å². The van der Waals surface area contributed by atoms with E-state index in [-0.39, 0.29) is 28.8 Å². The largest absolute Gasteiger partial charge is 0.390 e. The summed E-state index contributed by atoms with van der Waals surface area (Å²) in [4.78, 5) is 10.0. The number of hydrogen-bond acceptors (Lipinski definition) is 4. The van der Waals surface area contributed by atoms with Gasteiger partial charge in [0.25, 0.3) is 5.69 Å². The summed E-state index contributed by atoms with van der Waals surface area (Å²) in [6, 6.07) is 1.90. The fourth-order valence-corrected chi connectivity index (χ4v) is 1.47. The van der Waals surface area contributed by atoms with Crippen molar-refractivity contribution in [1.29, 1.82) is 0 Å². The monoisotopic (exact) mass is 282 g/mol. The number of anilines is 1. The summed E-state index contributed by atoms with van der Waals surface area (Å²) in [7, 11) is 0. The Bertz CT molecular complexity index is 431. The van der Waals surface area contributed by atoms with Crippen molar-refractivity contribution in [3.63, 3.8) is 0 Å². The molecule has 5 nitrogen and oxygen atoms in total. The summed E-state index contributed by atoms with van der Waals surface area (Å²) in [6.07, 6.45) is -0.907. The van der Waals surface area contributed by atoms with E-state index in [4.69, 9.17) is 23.2 Å². The lowest BCUT2D eigenvalue weighted by atomic mass is 10.2. The molecule has 94 valence electrons. The van der Waals surface area contributed by atoms with Crippen LogP contribution in [0, 0.1) is 15.9 Å². The Morgan fingerprint density at radius 1 is 1.59 bits per heavy atom. The Morgan fingerprint density at radius 2 is 2.24 bits per heavy atom. The maximum Gasteiger partial charge on any atom is 0.294 e. The number of nitrogens with one attached hydrogen (secondary N) is 1. The van der Waals surface area contributed by atoms with E-state index < -0.39 is 16.8 Å². The van der Waals surface area contributed by atoms with Crippen molar-refractivity contribution < 1.29 is 14.4 Å². The zero-order valence-electron chi connectivity index (χ0n) is 8.49. The molecule has 0 amide bonds. The molecule has 0 aliphatic rings. The van der Waals surface area contributed by atoms with Gasteiger partial charge in [-0.3, -0.25) is 10.1 Å². The molecule has 8 heteroatoms. The van der Waals surface area contributed by atoms with E-state index in [1.165, 1.54) is 0 Å². The van der Waals surface area contributed by atoms with Crippen LogP contribution in [0.5, 0.6) is 0 Å². The van der Waals surface area contributed by atoms with Gasteiger partial charge in [-0.1, -0.05) is 11.6 Å². The number of aliphatic hydroxyl groups is 1. The van der Waals surface area contributed by atoms with Gasteiger partial charge in [-0.15, -0.1) is 11.6 Å². The van der Waals surface area contributed by atoms with Crippen LogP contribution in [0.2, 0.25) is 5.02 Å². The lowest BCUT2D eigenvalue weighted by Gasteiger charge is -2.11. The molecule has 0 fully saturated rings. The Morgan fingerprint density at radius 3 is 2.76 bits per heavy atom. The molecule has 0 saturated heterocycles. The molecule has 0 spiro atoms. The van der Waals surface area contributed by atoms with E-state index in [1.54, 1.807) is 0 Å². The highest BCUT2D eigenvalue weighted by atomic mass is 35.5. The Kier molecular flexibility index (Phi) is 4.92. The lowest BCUT2D eigenvalue weighted by Crippen LogP contribution is -2.21. The molecule has 0 aromatic heterocycles. The molecule has 0 radical (unpaired) electrons. The van der Waals surface area contributed by atoms with Gasteiger partial charge in [0.1, 0.15) is 16.5 Å². The molecule has 1 aromatic carbocycles. The molecule has 0 aliphatic carbocycles. The predicted octanol–water partition coefficient (Wildman–Crippen LogP) is 2.40. The number of nitrogens with zero attached hydrogens (tertiary/aromatic N) is 1. The van der Waals surface area contributed by atoms with E-state index in [0.717, 1.165) is 12.1 Å². The molecular weight excluding hydrogens is 274 g/mol. The summed E-state index contributed by atoms with van der Waals surface area (Å²) in [5.74, 6) is -0.826. The minimum absolute atomic E-state index is 0.0479. The van der Waals surface area contributed by atoms with Gasteiger partial charge in [0.15, 0.2) is 0 Å². The Hall–Kier alpha value is -1.11. The minimum Gasteiger partial charge on any atom is -0.390 e. The highest BCUT2D eigenvalue weighted by Crippen LogP contribution is 2.34. The quantitative estimate of drug-likeness (QED) is 0.494. The number of aliphatic hydroxyl groups excluding tert-OH is 1. The van der Waals surface area contributed by atoms with E-state index >= 15 is 0 Å². The fraction of sp³-hybridized carbons (Fsp3) is 0.333. The first kappa shape index (κ1) is 14.0. The molecule has 2 N–H and O–H groups in total. The number of halogens is 3. The summed E-state index contributed by atoms with van der Waals surface area (Å²) >= 11 is 11.0. The van der Waals surface area contributed by atoms with Crippen molar-refractivity contribution in [2.45, 2.75) is 6.10 Å². The molecule has 0 aliphatic heterocycles. The van der Waals surface area contributed by atoms with Crippen LogP contribution >= 0.6 is 23.2 Å². The van der Waals surface area contributed by atoms with Crippen molar-refractivity contribution in [3.8, 4) is 0 Å². The molecule has 0 saturated carbocycles. The van der Waals surface area contributed by atoms with E-state index in [0.29, 0.717) is 0 Å². The highest BCUT2D eigenvalue weighted by Gasteiger charge is 2.20. The molecule has 1 rings (SSSR count). The second-order valence-corrected chi connectivity index (χ2v) is 3.89. The maximum absolute atomic E-state index is 13.1. The van der Waals surface area contributed by atoms with Gasteiger partial charge >= 0.3 is 0 Å². The third kappa shape index (κ3) is 3.42. The van der Waals surface area contributed by atoms with Gasteiger partial charge in [0.2, 0.25) is 0 Å². The molecule has 0 heterocycles. The van der Waals surface area contributed by atoms with Crippen LogP contribution < -0.4 is 5.32 Å². The standard InChI is InChI=1S/C9H9Cl2FN2O3/c10-3-5(15)4-13-9-7(14(16)17)2-1-6(12)8(9)11/h1-2,5,13,15H,3-4H2. The number of rotatable bonds is 5. The highest BCUT2D eigenvalue weighted by molar-refractivity contribution is 6.33. The summed E-state index contributed by atoms with van der Waals surface area (Å²) in [6.45, 7) is -0.0620. The van der Waals surface area contributed by atoms with Gasteiger partial charge in [-0.2, -0.15) is 0 Å². The first-order chi connectivity index (χ1) is 7.97. The second-order valence-electron chi connectivity index (χ2n) is 3.20. The van der Waals surface area contributed by atoms with Crippen molar-refractivity contribution in [2.75, 3.05) is 17.7 Å². The second kappa shape index (κ2) is 6.00. The van der Waals surface area contributed by atoms with E-state index in [9.17, 15) is 19.6 Å². The van der Waals surface area contributed by atoms with Gasteiger partial charge < -0.3 is 10.4 Å². The first-order valence-electron chi connectivity index (χ1n) is 4.57. The third-order valence-electron chi connectivity index (χ3n) is 1.96. The Balaban J connectivity index is 3.02. The minimum atomic E-state index is -0.907. The molecule has 0 bridgehead atoms. The third-order valence-corrected chi connectivity index (χ3v) is 2.69. The molecule has 17 heavy (non-hydrogen) atoms. The zero-order valence-corrected chi connectivity index (χ0v) is 10.0. The van der Waals surface area contributed by atoms with Crippen LogP contribution in [0.15, 0.2) is 12.1 Å². The smallest absolute Gasteiger partial charge is 0.294 e. The molecule has 1 atom stereocenters. The van der Waals surface area contributed by atoms with E-state index in [2.05, 4.69) is 5.32 Å². The first-order valence-corrected chi connectivity index (χ1v) is 5.49. The van der Waals surface area contributed by atoms with Crippen molar-refractivity contribution in [1.82, 2.24) is 0 Å². The number of benzene rings is 1. The molecule has 1 unspecified atom stereocenters. The predicted molar refractivity (Wildman–Crippen MR) is 63.3 cm³/mol. The van der Waals surface area contributed by atoms with Crippen molar-refractivity contribution in [2.24, 2.45) is 0 Å². The number of alkyl halides is 1. The van der Waals surface area contributed by atoms with Crippen molar-refractivity contribution in [3.05, 3.63) is 33.1 Å². The van der Waals surface area contributed by atoms with Crippen LogP contribution in [0.25, 0.3) is 0 Å². The zero-order chi connectivity index (χ0) is 13.0. The number of nitro groups is 1. The lowest BCUT2D eigenvalue weighted by molar-refractivity contribution is -0.384.